The Bertz CT molecular complexity index is 292. The van der Waals surface area contributed by atoms with E-state index in [9.17, 15) is 0 Å². The molecule has 0 aromatic carbocycles. The van der Waals surface area contributed by atoms with Crippen LogP contribution in [-0.4, -0.2) is 30.1 Å². The Hall–Kier alpha value is -0.0800. The average molecular weight is 280 g/mol. The summed E-state index contributed by atoms with van der Waals surface area (Å²) < 4.78 is 0. The second-order valence-corrected chi connectivity index (χ2v) is 8.07. The van der Waals surface area contributed by atoms with Gasteiger partial charge >= 0.3 is 0 Å². The zero-order chi connectivity index (χ0) is 14.8. The molecule has 1 saturated carbocycles. The van der Waals surface area contributed by atoms with Crippen molar-refractivity contribution in [3.05, 3.63) is 0 Å². The van der Waals surface area contributed by atoms with Crippen molar-refractivity contribution in [2.45, 2.75) is 84.7 Å². The zero-order valence-corrected chi connectivity index (χ0v) is 14.2. The third kappa shape index (κ3) is 3.57. The summed E-state index contributed by atoms with van der Waals surface area (Å²) in [5, 5.41) is 0. The lowest BCUT2D eigenvalue weighted by Gasteiger charge is -2.47. The lowest BCUT2D eigenvalue weighted by molar-refractivity contribution is 0.0297. The van der Waals surface area contributed by atoms with Crippen LogP contribution in [-0.2, 0) is 0 Å². The standard InChI is InChI=1S/C18H36N2/c1-5-18(3,4)16-8-10-17(11-9-16)20-13-15(12-19)7-6-14(20)2/h14-17H,5-13,19H2,1-4H3. The predicted molar refractivity (Wildman–Crippen MR) is 87.8 cm³/mol. The molecule has 0 radical (unpaired) electrons. The van der Waals surface area contributed by atoms with E-state index in [0.717, 1.165) is 30.5 Å². The van der Waals surface area contributed by atoms with E-state index in [0.29, 0.717) is 5.41 Å². The Morgan fingerprint density at radius 2 is 1.70 bits per heavy atom. The highest BCUT2D eigenvalue weighted by Crippen LogP contribution is 2.42. The molecule has 2 unspecified atom stereocenters. The Balaban J connectivity index is 1.89. The van der Waals surface area contributed by atoms with E-state index in [-0.39, 0.29) is 0 Å². The summed E-state index contributed by atoms with van der Waals surface area (Å²) in [4.78, 5) is 2.80. The van der Waals surface area contributed by atoms with Gasteiger partial charge in [0.15, 0.2) is 0 Å². The van der Waals surface area contributed by atoms with Crippen molar-refractivity contribution in [1.29, 1.82) is 0 Å². The van der Waals surface area contributed by atoms with Gasteiger partial charge in [0, 0.05) is 18.6 Å². The fraction of sp³-hybridized carbons (Fsp3) is 1.00. The van der Waals surface area contributed by atoms with Gasteiger partial charge in [0.25, 0.3) is 0 Å². The monoisotopic (exact) mass is 280 g/mol. The molecule has 0 aromatic rings. The Morgan fingerprint density at radius 3 is 2.25 bits per heavy atom. The summed E-state index contributed by atoms with van der Waals surface area (Å²) in [7, 11) is 0. The number of hydrogen-bond acceptors (Lipinski definition) is 2. The molecule has 0 aromatic heterocycles. The van der Waals surface area contributed by atoms with Crippen molar-refractivity contribution in [2.75, 3.05) is 13.1 Å². The number of nitrogens with zero attached hydrogens (tertiary/aromatic N) is 1. The SMILES string of the molecule is CCC(C)(C)C1CCC(N2CC(CN)CCC2C)CC1. The summed E-state index contributed by atoms with van der Waals surface area (Å²) in [6.45, 7) is 11.8. The van der Waals surface area contributed by atoms with Crippen molar-refractivity contribution < 1.29 is 0 Å². The molecule has 0 amide bonds. The van der Waals surface area contributed by atoms with Crippen LogP contribution in [0.15, 0.2) is 0 Å². The molecule has 1 aliphatic heterocycles. The molecule has 1 saturated heterocycles. The van der Waals surface area contributed by atoms with Crippen molar-refractivity contribution in [2.24, 2.45) is 23.0 Å². The first-order valence-electron chi connectivity index (χ1n) is 8.93. The van der Waals surface area contributed by atoms with E-state index in [1.54, 1.807) is 0 Å². The van der Waals surface area contributed by atoms with Gasteiger partial charge < -0.3 is 5.73 Å². The van der Waals surface area contributed by atoms with E-state index in [2.05, 4.69) is 32.6 Å². The van der Waals surface area contributed by atoms with Gasteiger partial charge in [-0.3, -0.25) is 4.90 Å². The van der Waals surface area contributed by atoms with E-state index in [4.69, 9.17) is 5.73 Å². The van der Waals surface area contributed by atoms with E-state index in [1.165, 1.54) is 51.5 Å². The molecule has 2 fully saturated rings. The number of likely N-dealkylation sites (tertiary alicyclic amines) is 1. The van der Waals surface area contributed by atoms with Gasteiger partial charge in [0.05, 0.1) is 0 Å². The zero-order valence-electron chi connectivity index (χ0n) is 14.2. The normalized spacial score (nSPS) is 37.0. The summed E-state index contributed by atoms with van der Waals surface area (Å²) in [6, 6.07) is 1.61. The molecular weight excluding hydrogens is 244 g/mol. The summed E-state index contributed by atoms with van der Waals surface area (Å²) >= 11 is 0. The van der Waals surface area contributed by atoms with Crippen LogP contribution in [0, 0.1) is 17.3 Å². The molecule has 2 atom stereocenters. The third-order valence-corrected chi connectivity index (χ3v) is 6.54. The highest BCUT2D eigenvalue weighted by atomic mass is 15.2. The van der Waals surface area contributed by atoms with Crippen LogP contribution in [0.5, 0.6) is 0 Å². The molecule has 2 nitrogen and oxygen atoms in total. The number of rotatable bonds is 4. The first-order chi connectivity index (χ1) is 9.47. The number of nitrogens with two attached hydrogens (primary N) is 1. The van der Waals surface area contributed by atoms with E-state index < -0.39 is 0 Å². The van der Waals surface area contributed by atoms with Crippen molar-refractivity contribution in [1.82, 2.24) is 4.90 Å². The van der Waals surface area contributed by atoms with Crippen molar-refractivity contribution in [3.8, 4) is 0 Å². The molecular formula is C18H36N2. The van der Waals surface area contributed by atoms with Gasteiger partial charge in [0.1, 0.15) is 0 Å². The Labute approximate surface area is 126 Å². The molecule has 2 N–H and O–H groups in total. The van der Waals surface area contributed by atoms with Crippen LogP contribution in [0.25, 0.3) is 0 Å². The fourth-order valence-corrected chi connectivity index (χ4v) is 4.39. The second kappa shape index (κ2) is 6.79. The van der Waals surface area contributed by atoms with Crippen LogP contribution < -0.4 is 5.73 Å². The molecule has 2 rings (SSSR count). The van der Waals surface area contributed by atoms with Gasteiger partial charge in [-0.25, -0.2) is 0 Å². The minimum absolute atomic E-state index is 0.540. The van der Waals surface area contributed by atoms with Crippen LogP contribution >= 0.6 is 0 Å². The maximum absolute atomic E-state index is 5.91. The average Bonchev–Trinajstić information content (AvgIpc) is 2.48. The highest BCUT2D eigenvalue weighted by molar-refractivity contribution is 4.90. The summed E-state index contributed by atoms with van der Waals surface area (Å²) in [6.07, 6.45) is 9.70. The minimum Gasteiger partial charge on any atom is -0.330 e. The molecule has 2 aliphatic rings. The molecule has 118 valence electrons. The third-order valence-electron chi connectivity index (χ3n) is 6.54. The van der Waals surface area contributed by atoms with Crippen LogP contribution in [0.1, 0.15) is 72.6 Å². The van der Waals surface area contributed by atoms with Gasteiger partial charge in [-0.05, 0) is 69.2 Å². The largest absolute Gasteiger partial charge is 0.330 e. The van der Waals surface area contributed by atoms with Gasteiger partial charge in [0.2, 0.25) is 0 Å². The lowest BCUT2D eigenvalue weighted by atomic mass is 9.68. The molecule has 2 heteroatoms. The second-order valence-electron chi connectivity index (χ2n) is 8.07. The maximum Gasteiger partial charge on any atom is 0.00984 e. The van der Waals surface area contributed by atoms with Crippen LogP contribution in [0.3, 0.4) is 0 Å². The Morgan fingerprint density at radius 1 is 1.05 bits per heavy atom. The molecule has 0 bridgehead atoms. The van der Waals surface area contributed by atoms with Crippen LogP contribution in [0.2, 0.25) is 0 Å². The lowest BCUT2D eigenvalue weighted by Crippen LogP contribution is -2.50. The smallest absolute Gasteiger partial charge is 0.00984 e. The Kier molecular flexibility index (Phi) is 5.53. The van der Waals surface area contributed by atoms with E-state index >= 15 is 0 Å². The van der Waals surface area contributed by atoms with Crippen molar-refractivity contribution in [3.63, 3.8) is 0 Å². The van der Waals surface area contributed by atoms with Crippen molar-refractivity contribution >= 4 is 0 Å². The van der Waals surface area contributed by atoms with Gasteiger partial charge in [-0.1, -0.05) is 27.2 Å². The fourth-order valence-electron chi connectivity index (χ4n) is 4.39. The molecule has 1 aliphatic carbocycles. The molecule has 1 heterocycles. The highest BCUT2D eigenvalue weighted by Gasteiger charge is 2.36. The topological polar surface area (TPSA) is 29.3 Å². The van der Waals surface area contributed by atoms with Crippen LogP contribution in [0.4, 0.5) is 0 Å². The first-order valence-corrected chi connectivity index (χ1v) is 8.93. The molecule has 20 heavy (non-hydrogen) atoms. The maximum atomic E-state index is 5.91. The summed E-state index contributed by atoms with van der Waals surface area (Å²) in [5.41, 5.74) is 6.45. The molecule has 0 spiro atoms. The predicted octanol–water partition coefficient (Wildman–Crippen LogP) is 4.04. The number of piperidine rings is 1. The first kappa shape index (κ1) is 16.3. The number of hydrogen-bond donors (Lipinski definition) is 1. The summed E-state index contributed by atoms with van der Waals surface area (Å²) in [5.74, 6) is 1.69. The van der Waals surface area contributed by atoms with Gasteiger partial charge in [-0.2, -0.15) is 0 Å². The minimum atomic E-state index is 0.540. The van der Waals surface area contributed by atoms with Gasteiger partial charge in [-0.15, -0.1) is 0 Å². The quantitative estimate of drug-likeness (QED) is 0.842. The van der Waals surface area contributed by atoms with E-state index in [1.807, 2.05) is 0 Å².